The Morgan fingerprint density at radius 2 is 1.73 bits per heavy atom. The second kappa shape index (κ2) is 7.65. The molecule has 0 bridgehead atoms. The van der Waals surface area contributed by atoms with Gasteiger partial charge in [0.1, 0.15) is 11.5 Å². The first-order valence-electron chi connectivity index (χ1n) is 8.03. The van der Waals surface area contributed by atoms with E-state index in [0.717, 1.165) is 22.2 Å². The van der Waals surface area contributed by atoms with Gasteiger partial charge in [-0.2, -0.15) is 5.10 Å². The van der Waals surface area contributed by atoms with Crippen molar-refractivity contribution in [2.45, 2.75) is 6.92 Å². The van der Waals surface area contributed by atoms with Gasteiger partial charge >= 0.3 is 0 Å². The highest BCUT2D eigenvalue weighted by atomic mass is 16.5. The predicted molar refractivity (Wildman–Crippen MR) is 101 cm³/mol. The Hall–Kier alpha value is -3.41. The molecule has 0 aliphatic rings. The summed E-state index contributed by atoms with van der Waals surface area (Å²) in [6, 6.07) is 14.7. The highest BCUT2D eigenvalue weighted by molar-refractivity contribution is 5.99. The second-order valence-corrected chi connectivity index (χ2v) is 5.65. The first-order chi connectivity index (χ1) is 12.6. The fourth-order valence-electron chi connectivity index (χ4n) is 2.52. The molecule has 2 aromatic carbocycles. The molecule has 0 radical (unpaired) electrons. The van der Waals surface area contributed by atoms with E-state index in [1.165, 1.54) is 0 Å². The van der Waals surface area contributed by atoms with E-state index < -0.39 is 0 Å². The summed E-state index contributed by atoms with van der Waals surface area (Å²) >= 11 is 0. The van der Waals surface area contributed by atoms with Crippen molar-refractivity contribution in [2.75, 3.05) is 14.2 Å². The third kappa shape index (κ3) is 3.80. The summed E-state index contributed by atoms with van der Waals surface area (Å²) in [7, 11) is 3.21. The third-order valence-electron chi connectivity index (χ3n) is 3.95. The first-order valence-corrected chi connectivity index (χ1v) is 8.03. The minimum atomic E-state index is -0.315. The molecular weight excluding hydrogens is 330 g/mol. The number of benzene rings is 2. The average Bonchev–Trinajstić information content (AvgIpc) is 2.67. The number of aryl methyl sites for hydroxylation is 1. The van der Waals surface area contributed by atoms with Gasteiger partial charge in [-0.3, -0.25) is 9.78 Å². The number of ether oxygens (including phenoxy) is 2. The van der Waals surface area contributed by atoms with Gasteiger partial charge in [-0.1, -0.05) is 0 Å². The summed E-state index contributed by atoms with van der Waals surface area (Å²) in [4.78, 5) is 16.9. The first kappa shape index (κ1) is 17.4. The molecule has 0 saturated carbocycles. The lowest BCUT2D eigenvalue weighted by atomic mass is 10.1. The molecule has 0 atom stereocenters. The number of hydrazone groups is 1. The van der Waals surface area contributed by atoms with Gasteiger partial charge < -0.3 is 9.47 Å². The molecule has 26 heavy (non-hydrogen) atoms. The molecule has 3 rings (SSSR count). The van der Waals surface area contributed by atoms with Crippen molar-refractivity contribution in [3.05, 3.63) is 65.4 Å². The largest absolute Gasteiger partial charge is 0.497 e. The number of aromatic nitrogens is 1. The number of amides is 1. The molecule has 1 heterocycles. The molecule has 0 fully saturated rings. The highest BCUT2D eigenvalue weighted by Crippen LogP contribution is 2.21. The zero-order valence-electron chi connectivity index (χ0n) is 14.8. The van der Waals surface area contributed by atoms with Crippen LogP contribution in [-0.4, -0.2) is 31.3 Å². The number of carbonyl (C=O) groups is 1. The van der Waals surface area contributed by atoms with Crippen molar-refractivity contribution in [1.82, 2.24) is 10.4 Å². The van der Waals surface area contributed by atoms with Gasteiger partial charge in [-0.05, 0) is 61.0 Å². The van der Waals surface area contributed by atoms with E-state index >= 15 is 0 Å². The molecule has 1 aromatic heterocycles. The van der Waals surface area contributed by atoms with E-state index in [2.05, 4.69) is 15.5 Å². The van der Waals surface area contributed by atoms with Gasteiger partial charge in [0.2, 0.25) is 0 Å². The minimum Gasteiger partial charge on any atom is -0.497 e. The molecule has 0 spiro atoms. The van der Waals surface area contributed by atoms with Crippen LogP contribution in [0.3, 0.4) is 0 Å². The van der Waals surface area contributed by atoms with Crippen molar-refractivity contribution in [3.8, 4) is 11.5 Å². The van der Waals surface area contributed by atoms with Crippen LogP contribution < -0.4 is 14.9 Å². The number of methoxy groups -OCH3 is 2. The number of rotatable bonds is 5. The fraction of sp³-hybridized carbons (Fsp3) is 0.150. The van der Waals surface area contributed by atoms with E-state index in [1.807, 2.05) is 42.5 Å². The molecule has 1 amide bonds. The van der Waals surface area contributed by atoms with Crippen LogP contribution in [0.2, 0.25) is 0 Å². The number of fused-ring (bicyclic) bond motifs is 1. The Balaban J connectivity index is 1.77. The van der Waals surface area contributed by atoms with Crippen LogP contribution in [0, 0.1) is 6.92 Å². The molecule has 0 saturated heterocycles. The lowest BCUT2D eigenvalue weighted by molar-refractivity contribution is 0.0954. The Kier molecular flexibility index (Phi) is 5.12. The topological polar surface area (TPSA) is 72.8 Å². The van der Waals surface area contributed by atoms with Gasteiger partial charge in [0.25, 0.3) is 5.91 Å². The van der Waals surface area contributed by atoms with Crippen molar-refractivity contribution in [1.29, 1.82) is 0 Å². The monoisotopic (exact) mass is 349 g/mol. The lowest BCUT2D eigenvalue weighted by Crippen LogP contribution is -2.19. The minimum absolute atomic E-state index is 0.315. The highest BCUT2D eigenvalue weighted by Gasteiger charge is 2.11. The van der Waals surface area contributed by atoms with Crippen molar-refractivity contribution in [2.24, 2.45) is 5.10 Å². The van der Waals surface area contributed by atoms with Gasteiger partial charge in [0, 0.05) is 5.39 Å². The number of nitrogens with one attached hydrogen (secondary N) is 1. The molecule has 0 aliphatic heterocycles. The quantitative estimate of drug-likeness (QED) is 0.566. The number of nitrogens with zero attached hydrogens (tertiary/aromatic N) is 2. The van der Waals surface area contributed by atoms with Gasteiger partial charge in [-0.15, -0.1) is 0 Å². The Morgan fingerprint density at radius 3 is 2.42 bits per heavy atom. The molecule has 1 N–H and O–H groups in total. The van der Waals surface area contributed by atoms with Crippen molar-refractivity contribution in [3.63, 3.8) is 0 Å². The van der Waals surface area contributed by atoms with E-state index in [4.69, 9.17) is 9.47 Å². The second-order valence-electron chi connectivity index (χ2n) is 5.65. The van der Waals surface area contributed by atoms with Crippen LogP contribution in [0.1, 0.15) is 21.6 Å². The maximum absolute atomic E-state index is 12.4. The Bertz CT molecular complexity index is 966. The van der Waals surface area contributed by atoms with Crippen molar-refractivity contribution < 1.29 is 14.3 Å². The number of hydrogen-bond donors (Lipinski definition) is 1. The molecular formula is C20H19N3O3. The third-order valence-corrected chi connectivity index (χ3v) is 3.95. The summed E-state index contributed by atoms with van der Waals surface area (Å²) in [5.41, 5.74) is 5.31. The average molecular weight is 349 g/mol. The smallest absolute Gasteiger partial charge is 0.273 e. The predicted octanol–water partition coefficient (Wildman–Crippen LogP) is 3.32. The van der Waals surface area contributed by atoms with E-state index in [9.17, 15) is 4.79 Å². The van der Waals surface area contributed by atoms with E-state index in [0.29, 0.717) is 17.0 Å². The Morgan fingerprint density at radius 1 is 1.04 bits per heavy atom. The van der Waals surface area contributed by atoms with Crippen LogP contribution in [0.4, 0.5) is 0 Å². The zero-order valence-corrected chi connectivity index (χ0v) is 14.8. The molecule has 0 unspecified atom stereocenters. The maximum Gasteiger partial charge on any atom is 0.273 e. The molecule has 132 valence electrons. The normalized spacial score (nSPS) is 10.9. The van der Waals surface area contributed by atoms with Crippen LogP contribution in [-0.2, 0) is 0 Å². The SMILES string of the molecule is COc1ccc(C=NNC(=O)c2cc3cc(OC)ccc3nc2C)cc1. The number of hydrogen-bond acceptors (Lipinski definition) is 5. The summed E-state index contributed by atoms with van der Waals surface area (Å²) in [6.45, 7) is 1.80. The maximum atomic E-state index is 12.4. The van der Waals surface area contributed by atoms with Crippen LogP contribution >= 0.6 is 0 Å². The molecule has 0 aliphatic carbocycles. The zero-order chi connectivity index (χ0) is 18.5. The number of pyridine rings is 1. The number of carbonyl (C=O) groups excluding carboxylic acids is 1. The van der Waals surface area contributed by atoms with Crippen LogP contribution in [0.25, 0.3) is 10.9 Å². The summed E-state index contributed by atoms with van der Waals surface area (Å²) in [5, 5.41) is 4.84. The molecule has 6 nitrogen and oxygen atoms in total. The summed E-state index contributed by atoms with van der Waals surface area (Å²) in [6.07, 6.45) is 1.57. The standard InChI is InChI=1S/C20H19N3O3/c1-13-18(11-15-10-17(26-3)8-9-19(15)22-13)20(24)23-21-12-14-4-6-16(25-2)7-5-14/h4-12H,1-3H3,(H,23,24). The van der Waals surface area contributed by atoms with Gasteiger partial charge in [0.05, 0.1) is 37.2 Å². The summed E-state index contributed by atoms with van der Waals surface area (Å²) in [5.74, 6) is 1.16. The molecule has 6 heteroatoms. The lowest BCUT2D eigenvalue weighted by Gasteiger charge is -2.07. The van der Waals surface area contributed by atoms with E-state index in [-0.39, 0.29) is 5.91 Å². The van der Waals surface area contributed by atoms with Gasteiger partial charge in [0.15, 0.2) is 0 Å². The van der Waals surface area contributed by atoms with Crippen LogP contribution in [0.15, 0.2) is 53.6 Å². The van der Waals surface area contributed by atoms with Gasteiger partial charge in [-0.25, -0.2) is 5.43 Å². The van der Waals surface area contributed by atoms with Crippen molar-refractivity contribution >= 4 is 23.0 Å². The summed E-state index contributed by atoms with van der Waals surface area (Å²) < 4.78 is 10.3. The van der Waals surface area contributed by atoms with Crippen LogP contribution in [0.5, 0.6) is 11.5 Å². The molecule has 3 aromatic rings. The fourth-order valence-corrected chi connectivity index (χ4v) is 2.52. The van der Waals surface area contributed by atoms with E-state index in [1.54, 1.807) is 33.4 Å². The Labute approximate surface area is 151 Å².